The van der Waals surface area contributed by atoms with Crippen molar-refractivity contribution in [3.05, 3.63) is 10.4 Å². The van der Waals surface area contributed by atoms with E-state index in [9.17, 15) is 9.90 Å². The van der Waals surface area contributed by atoms with E-state index in [2.05, 4.69) is 10.0 Å². The summed E-state index contributed by atoms with van der Waals surface area (Å²) in [5.74, 6) is 0. The van der Waals surface area contributed by atoms with Crippen molar-refractivity contribution in [2.24, 2.45) is 5.11 Å². The van der Waals surface area contributed by atoms with Crippen LogP contribution in [0.4, 0.5) is 4.79 Å². The van der Waals surface area contributed by atoms with Gasteiger partial charge in [-0.1, -0.05) is 5.11 Å². The minimum Gasteiger partial charge on any atom is -0.444 e. The number of hydrogen-bond acceptors (Lipinski definition) is 4. The lowest BCUT2D eigenvalue weighted by molar-refractivity contribution is 0.00499. The zero-order valence-corrected chi connectivity index (χ0v) is 10.3. The van der Waals surface area contributed by atoms with Gasteiger partial charge in [0.05, 0.1) is 12.1 Å². The fraction of sp³-hybridized carbons (Fsp3) is 0.900. The Bertz CT molecular complexity index is 333. The molecule has 7 nitrogen and oxygen atoms in total. The number of aliphatic hydroxyl groups is 1. The quantitative estimate of drug-likeness (QED) is 0.430. The Balaban J connectivity index is 2.61. The van der Waals surface area contributed by atoms with Crippen molar-refractivity contribution in [1.29, 1.82) is 0 Å². The zero-order valence-electron chi connectivity index (χ0n) is 10.3. The van der Waals surface area contributed by atoms with Crippen LogP contribution in [0.3, 0.4) is 0 Å². The molecule has 1 rings (SSSR count). The van der Waals surface area contributed by atoms with Crippen molar-refractivity contribution in [3.8, 4) is 0 Å². The van der Waals surface area contributed by atoms with Crippen LogP contribution in [-0.2, 0) is 4.74 Å². The molecule has 1 amide bonds. The molecule has 1 saturated heterocycles. The van der Waals surface area contributed by atoms with Crippen LogP contribution in [0, 0.1) is 0 Å². The monoisotopic (exact) mass is 242 g/mol. The topological polar surface area (TPSA) is 98.5 Å². The van der Waals surface area contributed by atoms with Crippen LogP contribution in [-0.4, -0.2) is 46.9 Å². The molecular formula is C10H18N4O3. The normalized spacial score (nSPS) is 25.1. The number of carbonyl (C=O) groups is 1. The van der Waals surface area contributed by atoms with Crippen molar-refractivity contribution in [3.63, 3.8) is 0 Å². The summed E-state index contributed by atoms with van der Waals surface area (Å²) in [5, 5.41) is 13.1. The van der Waals surface area contributed by atoms with Gasteiger partial charge in [0.2, 0.25) is 0 Å². The standard InChI is InChI=1S/C10H18N4O3/c1-10(2,3)17-9(16)14-5-4-8(15)7(6-14)12-13-11/h7-8,15H,4-6H2,1-3H3/t7-,8-/m1/s1. The highest BCUT2D eigenvalue weighted by molar-refractivity contribution is 5.68. The highest BCUT2D eigenvalue weighted by atomic mass is 16.6. The first-order chi connectivity index (χ1) is 7.83. The van der Waals surface area contributed by atoms with Gasteiger partial charge in [-0.3, -0.25) is 0 Å². The molecule has 0 aromatic heterocycles. The third-order valence-electron chi connectivity index (χ3n) is 2.40. The van der Waals surface area contributed by atoms with E-state index < -0.39 is 23.8 Å². The van der Waals surface area contributed by atoms with E-state index in [4.69, 9.17) is 10.3 Å². The Kier molecular flexibility index (Phi) is 4.20. The van der Waals surface area contributed by atoms with E-state index in [0.29, 0.717) is 13.0 Å². The second-order valence-corrected chi connectivity index (χ2v) is 5.05. The lowest BCUT2D eigenvalue weighted by Gasteiger charge is -2.34. The van der Waals surface area contributed by atoms with Gasteiger partial charge in [-0.2, -0.15) is 0 Å². The van der Waals surface area contributed by atoms with Crippen molar-refractivity contribution in [2.75, 3.05) is 13.1 Å². The number of hydrogen-bond donors (Lipinski definition) is 1. The lowest BCUT2D eigenvalue weighted by Crippen LogP contribution is -2.49. The molecule has 0 saturated carbocycles. The molecule has 17 heavy (non-hydrogen) atoms. The first-order valence-corrected chi connectivity index (χ1v) is 5.53. The molecule has 2 atom stereocenters. The maximum Gasteiger partial charge on any atom is 0.410 e. The number of azide groups is 1. The maximum absolute atomic E-state index is 11.8. The first-order valence-electron chi connectivity index (χ1n) is 5.53. The third-order valence-corrected chi connectivity index (χ3v) is 2.40. The number of aliphatic hydroxyl groups excluding tert-OH is 1. The third kappa shape index (κ3) is 4.13. The predicted octanol–water partition coefficient (Wildman–Crippen LogP) is 1.67. The SMILES string of the molecule is CC(C)(C)OC(=O)N1CC[C@@H](O)[C@H](N=[N+]=[N-])C1. The number of piperidine rings is 1. The van der Waals surface area contributed by atoms with Crippen LogP contribution < -0.4 is 0 Å². The molecule has 0 radical (unpaired) electrons. The van der Waals surface area contributed by atoms with Crippen LogP contribution >= 0.6 is 0 Å². The molecule has 1 heterocycles. The molecule has 0 spiro atoms. The molecule has 0 bridgehead atoms. The molecule has 0 aromatic carbocycles. The molecule has 0 aromatic rings. The molecule has 1 N–H and O–H groups in total. The Morgan fingerprint density at radius 1 is 1.59 bits per heavy atom. The summed E-state index contributed by atoms with van der Waals surface area (Å²) in [4.78, 5) is 15.9. The minimum absolute atomic E-state index is 0.195. The summed E-state index contributed by atoms with van der Waals surface area (Å²) >= 11 is 0. The fourth-order valence-electron chi connectivity index (χ4n) is 1.59. The number of ether oxygens (including phenoxy) is 1. The summed E-state index contributed by atoms with van der Waals surface area (Å²) in [6, 6.07) is -0.596. The minimum atomic E-state index is -0.690. The summed E-state index contributed by atoms with van der Waals surface area (Å²) in [7, 11) is 0. The summed E-state index contributed by atoms with van der Waals surface area (Å²) in [6.07, 6.45) is -0.740. The van der Waals surface area contributed by atoms with Crippen LogP contribution in [0.1, 0.15) is 27.2 Å². The molecular weight excluding hydrogens is 224 g/mol. The van der Waals surface area contributed by atoms with E-state index in [-0.39, 0.29) is 6.54 Å². The second-order valence-electron chi connectivity index (χ2n) is 5.05. The van der Waals surface area contributed by atoms with E-state index in [1.165, 1.54) is 4.90 Å². The largest absolute Gasteiger partial charge is 0.444 e. The van der Waals surface area contributed by atoms with Crippen LogP contribution in [0.15, 0.2) is 5.11 Å². The summed E-state index contributed by atoms with van der Waals surface area (Å²) in [5.41, 5.74) is 7.81. The van der Waals surface area contributed by atoms with Gasteiger partial charge >= 0.3 is 6.09 Å². The van der Waals surface area contributed by atoms with Crippen LogP contribution in [0.25, 0.3) is 10.4 Å². The molecule has 0 unspecified atom stereocenters. The van der Waals surface area contributed by atoms with Crippen LogP contribution in [0.2, 0.25) is 0 Å². The molecule has 1 aliphatic heterocycles. The van der Waals surface area contributed by atoms with E-state index in [1.807, 2.05) is 0 Å². The van der Waals surface area contributed by atoms with Crippen LogP contribution in [0.5, 0.6) is 0 Å². The van der Waals surface area contributed by atoms with Crippen molar-refractivity contribution in [2.45, 2.75) is 44.9 Å². The zero-order chi connectivity index (χ0) is 13.1. The highest BCUT2D eigenvalue weighted by Gasteiger charge is 2.31. The van der Waals surface area contributed by atoms with E-state index in [0.717, 1.165) is 0 Å². The highest BCUT2D eigenvalue weighted by Crippen LogP contribution is 2.17. The van der Waals surface area contributed by atoms with Gasteiger partial charge in [0.25, 0.3) is 0 Å². The second kappa shape index (κ2) is 5.25. The molecule has 1 fully saturated rings. The van der Waals surface area contributed by atoms with Gasteiger partial charge in [-0.15, -0.1) is 0 Å². The Hall–Kier alpha value is -1.46. The summed E-state index contributed by atoms with van der Waals surface area (Å²) in [6.45, 7) is 5.96. The van der Waals surface area contributed by atoms with Crippen molar-refractivity contribution >= 4 is 6.09 Å². The first kappa shape index (κ1) is 13.6. The molecule has 0 aliphatic carbocycles. The number of likely N-dealkylation sites (tertiary alicyclic amines) is 1. The molecule has 7 heteroatoms. The maximum atomic E-state index is 11.8. The predicted molar refractivity (Wildman–Crippen MR) is 61.4 cm³/mol. The van der Waals surface area contributed by atoms with Gasteiger partial charge in [0.1, 0.15) is 5.60 Å². The number of rotatable bonds is 1. The summed E-state index contributed by atoms with van der Waals surface area (Å²) < 4.78 is 5.21. The molecule has 1 aliphatic rings. The van der Waals surface area contributed by atoms with Crippen molar-refractivity contribution < 1.29 is 14.6 Å². The smallest absolute Gasteiger partial charge is 0.410 e. The molecule has 96 valence electrons. The number of carbonyl (C=O) groups excluding carboxylic acids is 1. The lowest BCUT2D eigenvalue weighted by atomic mass is 10.0. The van der Waals surface area contributed by atoms with Gasteiger partial charge in [-0.25, -0.2) is 4.79 Å². The number of nitrogens with zero attached hydrogens (tertiary/aromatic N) is 4. The van der Waals surface area contributed by atoms with Crippen molar-refractivity contribution in [1.82, 2.24) is 4.90 Å². The van der Waals surface area contributed by atoms with Gasteiger partial charge in [-0.05, 0) is 32.7 Å². The average molecular weight is 242 g/mol. The van der Waals surface area contributed by atoms with Gasteiger partial charge in [0.15, 0.2) is 0 Å². The van der Waals surface area contributed by atoms with Gasteiger partial charge in [0, 0.05) is 18.0 Å². The fourth-order valence-corrected chi connectivity index (χ4v) is 1.59. The Morgan fingerprint density at radius 3 is 2.76 bits per heavy atom. The van der Waals surface area contributed by atoms with Gasteiger partial charge < -0.3 is 14.7 Å². The Morgan fingerprint density at radius 2 is 2.24 bits per heavy atom. The van der Waals surface area contributed by atoms with E-state index in [1.54, 1.807) is 20.8 Å². The Labute approximate surface area is 100.0 Å². The number of amides is 1. The average Bonchev–Trinajstić information content (AvgIpc) is 2.19. The van der Waals surface area contributed by atoms with E-state index >= 15 is 0 Å².